The highest BCUT2D eigenvalue weighted by Gasteiger charge is 2.16. The number of nitrogens with zero attached hydrogens (tertiary/aromatic N) is 2. The lowest BCUT2D eigenvalue weighted by Gasteiger charge is -2.12. The van der Waals surface area contributed by atoms with Crippen LogP contribution in [0.25, 0.3) is 64.5 Å². The van der Waals surface area contributed by atoms with Crippen molar-refractivity contribution in [1.29, 1.82) is 0 Å². The molecule has 0 aliphatic carbocycles. The molecule has 154 valence electrons. The highest BCUT2D eigenvalue weighted by Crippen LogP contribution is 2.42. The quantitative estimate of drug-likeness (QED) is 0.270. The van der Waals surface area contributed by atoms with E-state index in [1.165, 1.54) is 30.9 Å². The van der Waals surface area contributed by atoms with Gasteiger partial charge in [-0.3, -0.25) is 0 Å². The average molecular weight is 439 g/mol. The second kappa shape index (κ2) is 7.22. The van der Waals surface area contributed by atoms with Crippen molar-refractivity contribution in [1.82, 2.24) is 9.97 Å². The van der Waals surface area contributed by atoms with Gasteiger partial charge in [0.05, 0.1) is 11.2 Å². The summed E-state index contributed by atoms with van der Waals surface area (Å²) in [4.78, 5) is 10.2. The molecule has 0 aliphatic rings. The fourth-order valence-electron chi connectivity index (χ4n) is 4.79. The minimum Gasteiger partial charge on any atom is -0.228 e. The second-order valence-corrected chi connectivity index (χ2v) is 9.30. The van der Waals surface area contributed by atoms with Crippen LogP contribution in [0.4, 0.5) is 0 Å². The number of rotatable bonds is 2. The van der Waals surface area contributed by atoms with Gasteiger partial charge in [-0.1, -0.05) is 91.0 Å². The lowest BCUT2D eigenvalue weighted by molar-refractivity contribution is 1.23. The molecule has 0 atom stereocenters. The molecule has 0 saturated carbocycles. The van der Waals surface area contributed by atoms with E-state index >= 15 is 0 Å². The van der Waals surface area contributed by atoms with E-state index in [4.69, 9.17) is 9.97 Å². The summed E-state index contributed by atoms with van der Waals surface area (Å²) < 4.78 is 2.60. The fraction of sp³-hybridized carbons (Fsp3) is 0. The minimum atomic E-state index is 0.765. The van der Waals surface area contributed by atoms with E-state index in [1.807, 2.05) is 23.5 Å². The van der Waals surface area contributed by atoms with Gasteiger partial charge in [0.1, 0.15) is 0 Å². The van der Waals surface area contributed by atoms with Crippen molar-refractivity contribution >= 4 is 53.2 Å². The molecule has 7 rings (SSSR count). The van der Waals surface area contributed by atoms with Crippen LogP contribution in [0, 0.1) is 0 Å². The Labute approximate surface area is 194 Å². The summed E-state index contributed by atoms with van der Waals surface area (Å²) in [6, 6.07) is 38.2. The SMILES string of the molecule is c1ccc(-c2nc(-c3cccc4ccc5sc6ccccc6c5c34)nc3ccccc23)cc1. The first-order valence-electron chi connectivity index (χ1n) is 11.0. The number of para-hydroxylation sites is 1. The molecule has 0 fully saturated rings. The molecule has 0 unspecified atom stereocenters. The Morgan fingerprint density at radius 3 is 2.21 bits per heavy atom. The van der Waals surface area contributed by atoms with E-state index in [1.54, 1.807) is 0 Å². The van der Waals surface area contributed by atoms with E-state index < -0.39 is 0 Å². The first kappa shape index (κ1) is 18.5. The summed E-state index contributed by atoms with van der Waals surface area (Å²) in [6.45, 7) is 0. The Balaban J connectivity index is 1.62. The van der Waals surface area contributed by atoms with Crippen LogP contribution in [0.5, 0.6) is 0 Å². The van der Waals surface area contributed by atoms with Crippen LogP contribution in [0.3, 0.4) is 0 Å². The summed E-state index contributed by atoms with van der Waals surface area (Å²) >= 11 is 1.84. The first-order valence-corrected chi connectivity index (χ1v) is 11.8. The maximum absolute atomic E-state index is 5.16. The van der Waals surface area contributed by atoms with E-state index in [0.717, 1.165) is 33.5 Å². The molecule has 0 radical (unpaired) electrons. The predicted octanol–water partition coefficient (Wildman–Crippen LogP) is 8.48. The number of benzene rings is 5. The van der Waals surface area contributed by atoms with Crippen LogP contribution in [0.2, 0.25) is 0 Å². The van der Waals surface area contributed by atoms with Gasteiger partial charge < -0.3 is 0 Å². The normalized spacial score (nSPS) is 11.6. The number of hydrogen-bond acceptors (Lipinski definition) is 3. The van der Waals surface area contributed by atoms with Crippen LogP contribution < -0.4 is 0 Å². The molecular weight excluding hydrogens is 420 g/mol. The standard InChI is InChI=1S/C30H18N2S/c1-2-9-20(10-3-1)29-21-12-4-6-15-24(21)31-30(32-29)23-14-8-11-19-17-18-26-28(27(19)23)22-13-5-7-16-25(22)33-26/h1-18H. The van der Waals surface area contributed by atoms with Crippen LogP contribution in [0.1, 0.15) is 0 Å². The van der Waals surface area contributed by atoms with Crippen molar-refractivity contribution in [3.63, 3.8) is 0 Å². The van der Waals surface area contributed by atoms with Gasteiger partial charge >= 0.3 is 0 Å². The van der Waals surface area contributed by atoms with Gasteiger partial charge in [-0.15, -0.1) is 11.3 Å². The predicted molar refractivity (Wildman–Crippen MR) is 141 cm³/mol. The van der Waals surface area contributed by atoms with E-state index in [-0.39, 0.29) is 0 Å². The molecule has 0 amide bonds. The summed E-state index contributed by atoms with van der Waals surface area (Å²) in [6.07, 6.45) is 0. The molecule has 5 aromatic carbocycles. The largest absolute Gasteiger partial charge is 0.228 e. The van der Waals surface area contributed by atoms with Crippen LogP contribution in [-0.2, 0) is 0 Å². The molecule has 0 N–H and O–H groups in total. The molecule has 33 heavy (non-hydrogen) atoms. The second-order valence-electron chi connectivity index (χ2n) is 8.22. The van der Waals surface area contributed by atoms with Gasteiger partial charge in [0.2, 0.25) is 0 Å². The van der Waals surface area contributed by atoms with E-state index in [0.29, 0.717) is 0 Å². The first-order chi connectivity index (χ1) is 16.4. The highest BCUT2D eigenvalue weighted by atomic mass is 32.1. The van der Waals surface area contributed by atoms with Crippen molar-refractivity contribution in [2.24, 2.45) is 0 Å². The number of fused-ring (bicyclic) bond motifs is 6. The summed E-state index contributed by atoms with van der Waals surface area (Å²) in [5.74, 6) is 0.765. The van der Waals surface area contributed by atoms with Gasteiger partial charge in [-0.25, -0.2) is 9.97 Å². The third kappa shape index (κ3) is 2.86. The molecule has 3 heteroatoms. The van der Waals surface area contributed by atoms with Crippen LogP contribution in [-0.4, -0.2) is 9.97 Å². The fourth-order valence-corrected chi connectivity index (χ4v) is 5.91. The number of thiophene rings is 1. The molecule has 0 bridgehead atoms. The topological polar surface area (TPSA) is 25.8 Å². The van der Waals surface area contributed by atoms with Crippen LogP contribution >= 0.6 is 11.3 Å². The third-order valence-electron chi connectivity index (χ3n) is 6.28. The minimum absolute atomic E-state index is 0.765. The monoisotopic (exact) mass is 438 g/mol. The van der Waals surface area contributed by atoms with Crippen molar-refractivity contribution < 1.29 is 0 Å². The van der Waals surface area contributed by atoms with Crippen molar-refractivity contribution in [2.75, 3.05) is 0 Å². The molecule has 0 aliphatic heterocycles. The maximum Gasteiger partial charge on any atom is 0.161 e. The zero-order valence-corrected chi connectivity index (χ0v) is 18.5. The molecule has 0 saturated heterocycles. The Morgan fingerprint density at radius 1 is 0.515 bits per heavy atom. The third-order valence-corrected chi connectivity index (χ3v) is 7.41. The van der Waals surface area contributed by atoms with Gasteiger partial charge in [0.25, 0.3) is 0 Å². The highest BCUT2D eigenvalue weighted by molar-refractivity contribution is 7.26. The van der Waals surface area contributed by atoms with Crippen LogP contribution in [0.15, 0.2) is 109 Å². The van der Waals surface area contributed by atoms with Gasteiger partial charge in [0, 0.05) is 42.1 Å². The zero-order chi connectivity index (χ0) is 21.8. The number of hydrogen-bond donors (Lipinski definition) is 0. The van der Waals surface area contributed by atoms with Gasteiger partial charge in [-0.05, 0) is 23.6 Å². The smallest absolute Gasteiger partial charge is 0.161 e. The summed E-state index contributed by atoms with van der Waals surface area (Å²) in [5.41, 5.74) is 4.10. The average Bonchev–Trinajstić information content (AvgIpc) is 3.27. The molecular formula is C30H18N2S. The summed E-state index contributed by atoms with van der Waals surface area (Å²) in [7, 11) is 0. The maximum atomic E-state index is 5.16. The lowest BCUT2D eigenvalue weighted by atomic mass is 9.98. The molecule has 2 nitrogen and oxygen atoms in total. The lowest BCUT2D eigenvalue weighted by Crippen LogP contribution is -1.96. The van der Waals surface area contributed by atoms with Crippen molar-refractivity contribution in [2.45, 2.75) is 0 Å². The van der Waals surface area contributed by atoms with E-state index in [2.05, 4.69) is 97.1 Å². The Kier molecular flexibility index (Phi) is 4.05. The van der Waals surface area contributed by atoms with E-state index in [9.17, 15) is 0 Å². The van der Waals surface area contributed by atoms with Gasteiger partial charge in [0.15, 0.2) is 5.82 Å². The molecule has 2 heterocycles. The molecule has 7 aromatic rings. The number of aromatic nitrogens is 2. The zero-order valence-electron chi connectivity index (χ0n) is 17.7. The molecule has 0 spiro atoms. The molecule has 2 aromatic heterocycles. The Morgan fingerprint density at radius 2 is 1.30 bits per heavy atom. The van der Waals surface area contributed by atoms with Crippen molar-refractivity contribution in [3.8, 4) is 22.6 Å². The Bertz CT molecular complexity index is 1820. The van der Waals surface area contributed by atoms with Gasteiger partial charge in [-0.2, -0.15) is 0 Å². The van der Waals surface area contributed by atoms with Crippen molar-refractivity contribution in [3.05, 3.63) is 109 Å². The summed E-state index contributed by atoms with van der Waals surface area (Å²) in [5, 5.41) is 6.09. The Hall–Kier alpha value is -4.08.